The molecule has 1 aromatic carbocycles. The minimum Gasteiger partial charge on any atom is -0.302 e. The van der Waals surface area contributed by atoms with E-state index in [2.05, 4.69) is 47.1 Å². The molecule has 1 aliphatic rings. The molecule has 2 atom stereocenters. The second-order valence-electron chi connectivity index (χ2n) is 5.03. The van der Waals surface area contributed by atoms with Gasteiger partial charge in [-0.3, -0.25) is 0 Å². The maximum absolute atomic E-state index is 5.98. The summed E-state index contributed by atoms with van der Waals surface area (Å²) in [7, 11) is 0. The number of nitrogens with one attached hydrogen (secondary N) is 1. The number of rotatable bonds is 4. The number of hydrazone groups is 1. The smallest absolute Gasteiger partial charge is 0.0830 e. The third-order valence-corrected chi connectivity index (χ3v) is 4.82. The zero-order valence-corrected chi connectivity index (χ0v) is 12.9. The van der Waals surface area contributed by atoms with Gasteiger partial charge >= 0.3 is 0 Å². The van der Waals surface area contributed by atoms with E-state index in [9.17, 15) is 0 Å². The lowest BCUT2D eigenvalue weighted by molar-refractivity contribution is 0.467. The Labute approximate surface area is 128 Å². The molecule has 1 N–H and O–H groups in total. The Hall–Kier alpha value is -1.32. The summed E-state index contributed by atoms with van der Waals surface area (Å²) >= 11 is 7.74. The van der Waals surface area contributed by atoms with Crippen LogP contribution < -0.4 is 5.43 Å². The molecule has 0 spiro atoms. The molecule has 4 heteroatoms. The summed E-state index contributed by atoms with van der Waals surface area (Å²) in [5.74, 6) is 0.430. The minimum atomic E-state index is 0.254. The number of thiophene rings is 1. The molecular formula is C16H17ClN2S. The Bertz CT molecular complexity index is 589. The largest absolute Gasteiger partial charge is 0.302 e. The average molecular weight is 305 g/mol. The van der Waals surface area contributed by atoms with Gasteiger partial charge < -0.3 is 5.43 Å². The van der Waals surface area contributed by atoms with Gasteiger partial charge in [0.25, 0.3) is 0 Å². The van der Waals surface area contributed by atoms with Gasteiger partial charge in [0.1, 0.15) is 0 Å². The number of nitrogens with zero attached hydrogens (tertiary/aromatic N) is 1. The Morgan fingerprint density at radius 1 is 1.25 bits per heavy atom. The number of halogens is 1. The van der Waals surface area contributed by atoms with Crippen LogP contribution in [0.4, 0.5) is 0 Å². The molecular weight excluding hydrogens is 288 g/mol. The highest BCUT2D eigenvalue weighted by Gasteiger charge is 2.33. The number of benzene rings is 1. The summed E-state index contributed by atoms with van der Waals surface area (Å²) in [5, 5.41) is 7.49. The fourth-order valence-corrected chi connectivity index (χ4v) is 3.63. The second kappa shape index (κ2) is 5.98. The van der Waals surface area contributed by atoms with Crippen LogP contribution in [0.2, 0.25) is 5.02 Å². The Morgan fingerprint density at radius 2 is 2.05 bits per heavy atom. The predicted octanol–water partition coefficient (Wildman–Crippen LogP) is 4.87. The van der Waals surface area contributed by atoms with Crippen LogP contribution in [0.25, 0.3) is 0 Å². The van der Waals surface area contributed by atoms with E-state index in [4.69, 9.17) is 11.6 Å². The summed E-state index contributed by atoms with van der Waals surface area (Å²) in [5.41, 5.74) is 5.77. The van der Waals surface area contributed by atoms with Crippen LogP contribution in [0.5, 0.6) is 0 Å². The van der Waals surface area contributed by atoms with Crippen LogP contribution in [-0.2, 0) is 0 Å². The van der Waals surface area contributed by atoms with E-state index in [1.54, 1.807) is 11.3 Å². The third kappa shape index (κ3) is 2.60. The van der Waals surface area contributed by atoms with Gasteiger partial charge in [-0.1, -0.05) is 43.1 Å². The van der Waals surface area contributed by atoms with Crippen molar-refractivity contribution in [2.24, 2.45) is 11.0 Å². The van der Waals surface area contributed by atoms with Crippen LogP contribution in [0, 0.1) is 5.92 Å². The van der Waals surface area contributed by atoms with Crippen LogP contribution in [0.15, 0.2) is 46.9 Å². The average Bonchev–Trinajstić information content (AvgIpc) is 3.09. The quantitative estimate of drug-likeness (QED) is 0.856. The van der Waals surface area contributed by atoms with Crippen LogP contribution in [0.1, 0.15) is 36.2 Å². The highest BCUT2D eigenvalue weighted by atomic mass is 35.5. The van der Waals surface area contributed by atoms with Gasteiger partial charge in [-0.15, -0.1) is 11.3 Å². The number of hydrogen-bond donors (Lipinski definition) is 1. The predicted molar refractivity (Wildman–Crippen MR) is 86.6 cm³/mol. The first-order valence-electron chi connectivity index (χ1n) is 6.92. The molecule has 0 fully saturated rings. The van der Waals surface area contributed by atoms with E-state index in [1.165, 1.54) is 16.2 Å². The maximum Gasteiger partial charge on any atom is 0.0830 e. The molecule has 0 radical (unpaired) electrons. The van der Waals surface area contributed by atoms with E-state index >= 15 is 0 Å². The first kappa shape index (κ1) is 13.7. The SMILES string of the molecule is CCCC1C(c2cccs2)=NNC1c1ccc(Cl)cc1. The van der Waals surface area contributed by atoms with Crippen LogP contribution in [-0.4, -0.2) is 5.71 Å². The van der Waals surface area contributed by atoms with E-state index in [0.717, 1.165) is 17.9 Å². The highest BCUT2D eigenvalue weighted by Crippen LogP contribution is 2.35. The molecule has 2 nitrogen and oxygen atoms in total. The van der Waals surface area contributed by atoms with Crippen LogP contribution in [0.3, 0.4) is 0 Å². The van der Waals surface area contributed by atoms with E-state index in [0.29, 0.717) is 5.92 Å². The molecule has 2 unspecified atom stereocenters. The lowest BCUT2D eigenvalue weighted by atomic mass is 9.86. The van der Waals surface area contributed by atoms with Gasteiger partial charge in [-0.05, 0) is 35.6 Å². The zero-order valence-electron chi connectivity index (χ0n) is 11.3. The van der Waals surface area contributed by atoms with E-state index in [-0.39, 0.29) is 6.04 Å². The summed E-state index contributed by atoms with van der Waals surface area (Å²) < 4.78 is 0. The fraction of sp³-hybridized carbons (Fsp3) is 0.312. The van der Waals surface area contributed by atoms with Crippen molar-refractivity contribution < 1.29 is 0 Å². The second-order valence-corrected chi connectivity index (χ2v) is 6.41. The molecule has 3 rings (SSSR count). The van der Waals surface area contributed by atoms with Gasteiger partial charge in [0.15, 0.2) is 0 Å². The molecule has 1 aliphatic heterocycles. The first-order valence-corrected chi connectivity index (χ1v) is 8.18. The van der Waals surface area contributed by atoms with Gasteiger partial charge in [0, 0.05) is 10.9 Å². The Kier molecular flexibility index (Phi) is 4.08. The van der Waals surface area contributed by atoms with Crippen molar-refractivity contribution in [3.05, 3.63) is 57.2 Å². The standard InChI is InChI=1S/C16H17ClN2S/c1-2-4-13-15(11-6-8-12(17)9-7-11)18-19-16(13)14-5-3-10-20-14/h3,5-10,13,15,18H,2,4H2,1H3. The molecule has 20 heavy (non-hydrogen) atoms. The molecule has 0 saturated heterocycles. The zero-order chi connectivity index (χ0) is 13.9. The number of hydrogen-bond acceptors (Lipinski definition) is 3. The van der Waals surface area contributed by atoms with Crippen molar-refractivity contribution in [3.8, 4) is 0 Å². The Morgan fingerprint density at radius 3 is 2.70 bits per heavy atom. The van der Waals surface area contributed by atoms with Crippen molar-refractivity contribution in [2.45, 2.75) is 25.8 Å². The van der Waals surface area contributed by atoms with Crippen molar-refractivity contribution in [1.29, 1.82) is 0 Å². The molecule has 2 aromatic rings. The normalized spacial score (nSPS) is 21.6. The monoisotopic (exact) mass is 304 g/mol. The van der Waals surface area contributed by atoms with Crippen LogP contribution >= 0.6 is 22.9 Å². The highest BCUT2D eigenvalue weighted by molar-refractivity contribution is 7.12. The van der Waals surface area contributed by atoms with Crippen molar-refractivity contribution in [3.63, 3.8) is 0 Å². The molecule has 0 saturated carbocycles. The lowest BCUT2D eigenvalue weighted by Crippen LogP contribution is -2.21. The molecule has 0 bridgehead atoms. The van der Waals surface area contributed by atoms with Crippen molar-refractivity contribution >= 4 is 28.6 Å². The third-order valence-electron chi connectivity index (χ3n) is 3.68. The molecule has 1 aromatic heterocycles. The summed E-state index contributed by atoms with van der Waals surface area (Å²) in [4.78, 5) is 1.27. The summed E-state index contributed by atoms with van der Waals surface area (Å²) in [6.07, 6.45) is 2.29. The maximum atomic E-state index is 5.98. The minimum absolute atomic E-state index is 0.254. The fourth-order valence-electron chi connectivity index (χ4n) is 2.72. The van der Waals surface area contributed by atoms with Crippen molar-refractivity contribution in [1.82, 2.24) is 5.43 Å². The first-order chi connectivity index (χ1) is 9.79. The Balaban J connectivity index is 1.88. The topological polar surface area (TPSA) is 24.4 Å². The molecule has 104 valence electrons. The summed E-state index contributed by atoms with van der Waals surface area (Å²) in [6.45, 7) is 2.23. The van der Waals surface area contributed by atoms with Gasteiger partial charge in [0.2, 0.25) is 0 Å². The molecule has 2 heterocycles. The van der Waals surface area contributed by atoms with Gasteiger partial charge in [-0.25, -0.2) is 0 Å². The summed E-state index contributed by atoms with van der Waals surface area (Å²) in [6, 6.07) is 12.6. The van der Waals surface area contributed by atoms with Gasteiger partial charge in [-0.2, -0.15) is 5.10 Å². The van der Waals surface area contributed by atoms with E-state index in [1.807, 2.05) is 12.1 Å². The molecule has 0 amide bonds. The van der Waals surface area contributed by atoms with Gasteiger partial charge in [0.05, 0.1) is 16.6 Å². The van der Waals surface area contributed by atoms with Crippen molar-refractivity contribution in [2.75, 3.05) is 0 Å². The molecule has 0 aliphatic carbocycles. The van der Waals surface area contributed by atoms with E-state index < -0.39 is 0 Å². The lowest BCUT2D eigenvalue weighted by Gasteiger charge is -2.20.